The lowest BCUT2D eigenvalue weighted by molar-refractivity contribution is 0.379. The number of benzene rings is 5. The second kappa shape index (κ2) is 26.9. The standard InChI is InChI=1S/C33H37N3O7S2.C30H31N3O7S2/c1-4-22(21-34-44(39,40)27-11-6-5-7-12-27)30-20-29(37)32(33(38)43-30)31(23-13-14-23)24-9-8-10-25(19-24)35-45(41,42)28-17-15-26(16-18-28)36(2)3;1-2-20(18-32-41(36,37)24-10-4-3-5-11-24)27-17-26(34)29(30(35)40-27)28(21-13-14-21)22-8-6-9-23(16-22)33-42(38,39)25-12-7-15-31-19-25/h5-12,15-20,22-23,31,34-35,37H,4,13-14,21H2,1-3H3;3-12,15-17,19-21,28,32-34H,2,13-14,18H2,1H3. The van der Waals surface area contributed by atoms with E-state index in [0.717, 1.165) is 31.4 Å². The summed E-state index contributed by atoms with van der Waals surface area (Å²) < 4.78 is 125. The van der Waals surface area contributed by atoms with Crippen molar-refractivity contribution in [3.05, 3.63) is 225 Å². The van der Waals surface area contributed by atoms with Crippen molar-refractivity contribution < 1.29 is 52.7 Å². The van der Waals surface area contributed by atoms with Crippen molar-refractivity contribution in [3.63, 3.8) is 0 Å². The first-order valence-electron chi connectivity index (χ1n) is 28.2. The molecule has 8 aromatic rings. The first-order valence-corrected chi connectivity index (χ1v) is 34.2. The van der Waals surface area contributed by atoms with Crippen molar-refractivity contribution in [3.8, 4) is 11.5 Å². The van der Waals surface area contributed by atoms with Gasteiger partial charge in [-0.3, -0.25) is 14.4 Å². The van der Waals surface area contributed by atoms with Crippen molar-refractivity contribution in [1.29, 1.82) is 0 Å². The normalized spacial score (nSPS) is 15.0. The Labute approximate surface area is 506 Å². The van der Waals surface area contributed by atoms with Gasteiger partial charge < -0.3 is 23.9 Å². The Hall–Kier alpha value is -8.13. The Morgan fingerprint density at radius 1 is 0.506 bits per heavy atom. The van der Waals surface area contributed by atoms with Crippen LogP contribution in [0, 0.1) is 11.8 Å². The third kappa shape index (κ3) is 15.5. The number of aromatic hydroxyl groups is 2. The molecule has 0 amide bonds. The number of hydrogen-bond acceptors (Lipinski definition) is 16. The molecule has 2 aliphatic rings. The van der Waals surface area contributed by atoms with Gasteiger partial charge in [0.25, 0.3) is 20.0 Å². The molecule has 24 heteroatoms. The first-order chi connectivity index (χ1) is 41.5. The van der Waals surface area contributed by atoms with Crippen LogP contribution in [0.5, 0.6) is 11.5 Å². The maximum absolute atomic E-state index is 13.4. The van der Waals surface area contributed by atoms with E-state index in [1.165, 1.54) is 73.1 Å². The van der Waals surface area contributed by atoms with Crippen molar-refractivity contribution >= 4 is 57.2 Å². The third-order valence-corrected chi connectivity index (χ3v) is 21.0. The molecule has 2 aliphatic carbocycles. The van der Waals surface area contributed by atoms with Crippen molar-refractivity contribution in [2.45, 2.75) is 95.6 Å². The molecule has 10 rings (SSSR count). The second-order valence-corrected chi connectivity index (χ2v) is 28.6. The Morgan fingerprint density at radius 2 is 0.908 bits per heavy atom. The number of hydrogen-bond donors (Lipinski definition) is 6. The Balaban J connectivity index is 0.000000208. The Bertz CT molecular complexity index is 4300. The summed E-state index contributed by atoms with van der Waals surface area (Å²) in [5.41, 5.74) is 1.58. The molecule has 20 nitrogen and oxygen atoms in total. The number of aromatic nitrogens is 1. The average Bonchev–Trinajstić information content (AvgIpc) is 2.13. The minimum absolute atomic E-state index is 0.0135. The van der Waals surface area contributed by atoms with E-state index in [0.29, 0.717) is 35.3 Å². The summed E-state index contributed by atoms with van der Waals surface area (Å²) in [6, 6.07) is 41.7. The second-order valence-electron chi connectivity index (χ2n) is 21.7. The van der Waals surface area contributed by atoms with E-state index in [1.54, 1.807) is 97.1 Å². The van der Waals surface area contributed by atoms with E-state index in [4.69, 9.17) is 8.83 Å². The highest BCUT2D eigenvalue weighted by Gasteiger charge is 2.40. The molecule has 4 atom stereocenters. The molecule has 4 unspecified atom stereocenters. The lowest BCUT2D eigenvalue weighted by atomic mass is 9.87. The molecule has 458 valence electrons. The van der Waals surface area contributed by atoms with Crippen LogP contribution in [0.15, 0.2) is 208 Å². The van der Waals surface area contributed by atoms with Crippen molar-refractivity contribution in [1.82, 2.24) is 14.4 Å². The average molecular weight is 1260 g/mol. The quantitative estimate of drug-likeness (QED) is 0.0310. The predicted molar refractivity (Wildman–Crippen MR) is 331 cm³/mol. The summed E-state index contributed by atoms with van der Waals surface area (Å²) in [5, 5.41) is 22.3. The summed E-state index contributed by atoms with van der Waals surface area (Å²) in [6.45, 7) is 3.61. The largest absolute Gasteiger partial charge is 0.507 e. The fourth-order valence-electron chi connectivity index (χ4n) is 10.3. The van der Waals surface area contributed by atoms with Crippen LogP contribution in [0.1, 0.15) is 110 Å². The highest BCUT2D eigenvalue weighted by molar-refractivity contribution is 7.93. The van der Waals surface area contributed by atoms with Gasteiger partial charge in [0.2, 0.25) is 20.0 Å². The molecule has 0 bridgehead atoms. The Kier molecular flexibility index (Phi) is 19.6. The number of sulfonamides is 4. The molecular weight excluding hydrogens is 1190 g/mol. The lowest BCUT2D eigenvalue weighted by Crippen LogP contribution is -2.29. The van der Waals surface area contributed by atoms with Crippen LogP contribution >= 0.6 is 0 Å². The van der Waals surface area contributed by atoms with E-state index in [2.05, 4.69) is 23.9 Å². The SMILES string of the molecule is CCC(CNS(=O)(=O)c1ccccc1)c1cc(O)c(C(c2cccc(NS(=O)(=O)c3ccc(N(C)C)cc3)c2)C2CC2)c(=O)o1.CCC(CNS(=O)(=O)c1ccccc1)c1cc(O)c(C(c2cccc(NS(=O)(=O)c3cccnc3)c2)C2CC2)c(=O)o1. The lowest BCUT2D eigenvalue weighted by Gasteiger charge is -2.20. The van der Waals surface area contributed by atoms with Crippen LogP contribution in [0.4, 0.5) is 17.1 Å². The van der Waals surface area contributed by atoms with E-state index in [1.807, 2.05) is 32.8 Å². The highest BCUT2D eigenvalue weighted by Crippen LogP contribution is 2.50. The zero-order valence-corrected chi connectivity index (χ0v) is 51.4. The molecule has 0 aliphatic heterocycles. The van der Waals surface area contributed by atoms with Gasteiger partial charge in [-0.05, 0) is 146 Å². The van der Waals surface area contributed by atoms with Gasteiger partial charge in [-0.25, -0.2) is 52.7 Å². The molecule has 2 fully saturated rings. The van der Waals surface area contributed by atoms with Gasteiger partial charge in [0.15, 0.2) is 0 Å². The number of nitrogens with one attached hydrogen (secondary N) is 4. The van der Waals surface area contributed by atoms with Crippen LogP contribution < -0.4 is 35.0 Å². The van der Waals surface area contributed by atoms with Crippen LogP contribution in [0.25, 0.3) is 0 Å². The topological polar surface area (TPSA) is 302 Å². The van der Waals surface area contributed by atoms with Crippen LogP contribution in [0.2, 0.25) is 0 Å². The minimum atomic E-state index is -3.88. The fourth-order valence-corrected chi connectivity index (χ4v) is 14.6. The number of anilines is 3. The van der Waals surface area contributed by atoms with Gasteiger partial charge in [0.05, 0.1) is 25.8 Å². The van der Waals surface area contributed by atoms with Crippen LogP contribution in [0.3, 0.4) is 0 Å². The van der Waals surface area contributed by atoms with Crippen molar-refractivity contribution in [2.75, 3.05) is 41.5 Å². The molecule has 0 saturated heterocycles. The summed E-state index contributed by atoms with van der Waals surface area (Å²) in [7, 11) is -11.6. The molecule has 6 N–H and O–H groups in total. The van der Waals surface area contributed by atoms with Crippen molar-refractivity contribution in [2.24, 2.45) is 11.8 Å². The van der Waals surface area contributed by atoms with Crippen LogP contribution in [-0.2, 0) is 40.1 Å². The Morgan fingerprint density at radius 3 is 1.28 bits per heavy atom. The number of nitrogens with zero attached hydrogens (tertiary/aromatic N) is 2. The zero-order valence-electron chi connectivity index (χ0n) is 48.1. The van der Waals surface area contributed by atoms with Gasteiger partial charge in [-0.15, -0.1) is 0 Å². The summed E-state index contributed by atoms with van der Waals surface area (Å²) in [4.78, 5) is 32.9. The summed E-state index contributed by atoms with van der Waals surface area (Å²) in [5.74, 6) is -2.04. The van der Waals surface area contributed by atoms with Crippen LogP contribution in [-0.4, -0.2) is 76.1 Å². The molecule has 5 aromatic carbocycles. The summed E-state index contributed by atoms with van der Waals surface area (Å²) in [6.07, 6.45) is 6.95. The predicted octanol–water partition coefficient (Wildman–Crippen LogP) is 9.78. The van der Waals surface area contributed by atoms with E-state index in [9.17, 15) is 53.5 Å². The molecule has 87 heavy (non-hydrogen) atoms. The first kappa shape index (κ1) is 63.4. The monoisotopic (exact) mass is 1260 g/mol. The molecule has 2 saturated carbocycles. The maximum atomic E-state index is 13.4. The number of rotatable bonds is 25. The maximum Gasteiger partial charge on any atom is 0.343 e. The minimum Gasteiger partial charge on any atom is -0.507 e. The van der Waals surface area contributed by atoms with E-state index < -0.39 is 75.0 Å². The number of pyridine rings is 1. The molecular formula is C63H68N6O14S4. The highest BCUT2D eigenvalue weighted by atomic mass is 32.2. The van der Waals surface area contributed by atoms with Gasteiger partial charge >= 0.3 is 11.3 Å². The smallest absolute Gasteiger partial charge is 0.343 e. The van der Waals surface area contributed by atoms with E-state index in [-0.39, 0.29) is 78.7 Å². The van der Waals surface area contributed by atoms with Gasteiger partial charge in [0, 0.05) is 92.4 Å². The van der Waals surface area contributed by atoms with Gasteiger partial charge in [0.1, 0.15) is 27.9 Å². The van der Waals surface area contributed by atoms with Gasteiger partial charge in [-0.1, -0.05) is 74.5 Å². The fraction of sp³-hybridized carbons (Fsp3) is 0.286. The molecule has 0 radical (unpaired) electrons. The molecule has 0 spiro atoms. The molecule has 3 heterocycles. The zero-order chi connectivity index (χ0) is 62.3. The van der Waals surface area contributed by atoms with Gasteiger partial charge in [-0.2, -0.15) is 0 Å². The third-order valence-electron chi connectivity index (χ3n) is 15.3. The summed E-state index contributed by atoms with van der Waals surface area (Å²) >= 11 is 0. The molecule has 3 aromatic heterocycles. The van der Waals surface area contributed by atoms with E-state index >= 15 is 0 Å².